The molecule has 0 saturated heterocycles. The van der Waals surface area contributed by atoms with Crippen molar-refractivity contribution >= 4 is 17.7 Å². The summed E-state index contributed by atoms with van der Waals surface area (Å²) in [5.74, 6) is 1.39. The number of unbranched alkanes of at least 4 members (excludes halogenated alkanes) is 6. The van der Waals surface area contributed by atoms with Crippen molar-refractivity contribution in [2.45, 2.75) is 70.4 Å². The third-order valence-electron chi connectivity index (χ3n) is 4.24. The number of esters is 1. The molecule has 0 saturated carbocycles. The molecule has 0 aliphatic rings. The van der Waals surface area contributed by atoms with Crippen molar-refractivity contribution in [2.75, 3.05) is 32.7 Å². The van der Waals surface area contributed by atoms with Gasteiger partial charge < -0.3 is 14.2 Å². The lowest BCUT2D eigenvalue weighted by molar-refractivity contribution is -0.139. The summed E-state index contributed by atoms with van der Waals surface area (Å²) in [6, 6.07) is 0. The van der Waals surface area contributed by atoms with Gasteiger partial charge in [0.05, 0.1) is 13.2 Å². The molecule has 6 nitrogen and oxygen atoms in total. The zero-order chi connectivity index (χ0) is 21.3. The van der Waals surface area contributed by atoms with Crippen LogP contribution in [-0.2, 0) is 14.3 Å². The van der Waals surface area contributed by atoms with E-state index < -0.39 is 0 Å². The number of ether oxygens (including phenoxy) is 3. The molecule has 1 aromatic rings. The minimum atomic E-state index is -0.313. The first-order valence-corrected chi connectivity index (χ1v) is 11.4. The topological polar surface area (TPSA) is 70.5 Å². The van der Waals surface area contributed by atoms with Gasteiger partial charge in [0.15, 0.2) is 5.16 Å². The van der Waals surface area contributed by atoms with Gasteiger partial charge in [-0.05, 0) is 52.4 Å². The van der Waals surface area contributed by atoms with E-state index in [-0.39, 0.29) is 5.97 Å². The zero-order valence-corrected chi connectivity index (χ0v) is 19.0. The van der Waals surface area contributed by atoms with Crippen molar-refractivity contribution in [3.8, 4) is 5.88 Å². The molecule has 0 atom stereocenters. The molecule has 0 unspecified atom stereocenters. The third-order valence-corrected chi connectivity index (χ3v) is 5.18. The van der Waals surface area contributed by atoms with E-state index in [4.69, 9.17) is 14.2 Å². The predicted octanol–water partition coefficient (Wildman–Crippen LogP) is 5.14. The van der Waals surface area contributed by atoms with Gasteiger partial charge in [-0.1, -0.05) is 31.2 Å². The van der Waals surface area contributed by atoms with Crippen LogP contribution in [-0.4, -0.2) is 48.6 Å². The van der Waals surface area contributed by atoms with Crippen molar-refractivity contribution in [1.29, 1.82) is 0 Å². The number of carbonyl (C=O) groups is 1. The molecule has 0 radical (unpaired) electrons. The summed E-state index contributed by atoms with van der Waals surface area (Å²) in [5, 5.41) is 0.779. The van der Waals surface area contributed by atoms with Crippen LogP contribution in [0.2, 0.25) is 0 Å². The number of hydrogen-bond acceptors (Lipinski definition) is 7. The highest BCUT2D eigenvalue weighted by Crippen LogP contribution is 2.21. The van der Waals surface area contributed by atoms with Gasteiger partial charge >= 0.3 is 5.97 Å². The summed E-state index contributed by atoms with van der Waals surface area (Å²) >= 11 is 1.68. The highest BCUT2D eigenvalue weighted by atomic mass is 32.2. The van der Waals surface area contributed by atoms with Gasteiger partial charge in [-0.3, -0.25) is 0 Å². The zero-order valence-electron chi connectivity index (χ0n) is 18.2. The average molecular weight is 425 g/mol. The standard InChI is InChI=1S/C22H36N2O4S/c1-18(2)21(25)28-15-11-6-5-10-14-27-20-19(3)17-23-22(24-20)29-16-12-8-7-9-13-26-4/h17H,1,5-16H2,2-4H3. The summed E-state index contributed by atoms with van der Waals surface area (Å²) in [6.07, 6.45) is 10.4. The van der Waals surface area contributed by atoms with Gasteiger partial charge in [-0.25, -0.2) is 9.78 Å². The van der Waals surface area contributed by atoms with Crippen molar-refractivity contribution in [3.63, 3.8) is 0 Å². The Balaban J connectivity index is 2.15. The van der Waals surface area contributed by atoms with E-state index in [9.17, 15) is 4.79 Å². The maximum Gasteiger partial charge on any atom is 0.333 e. The fraction of sp³-hybridized carbons (Fsp3) is 0.682. The number of rotatable bonds is 17. The second-order valence-electron chi connectivity index (χ2n) is 7.08. The Morgan fingerprint density at radius 3 is 2.38 bits per heavy atom. The Hall–Kier alpha value is -1.60. The summed E-state index contributed by atoms with van der Waals surface area (Å²) in [5.41, 5.74) is 1.40. The predicted molar refractivity (Wildman–Crippen MR) is 118 cm³/mol. The summed E-state index contributed by atoms with van der Waals surface area (Å²) in [6.45, 7) is 9.11. The van der Waals surface area contributed by atoms with Gasteiger partial charge in [-0.2, -0.15) is 4.98 Å². The smallest absolute Gasteiger partial charge is 0.333 e. The molecule has 1 heterocycles. The quantitative estimate of drug-likeness (QED) is 0.113. The molecule has 29 heavy (non-hydrogen) atoms. The van der Waals surface area contributed by atoms with Gasteiger partial charge in [0.2, 0.25) is 5.88 Å². The Morgan fingerprint density at radius 1 is 1.03 bits per heavy atom. The van der Waals surface area contributed by atoms with Gasteiger partial charge in [-0.15, -0.1) is 0 Å². The summed E-state index contributed by atoms with van der Waals surface area (Å²) in [4.78, 5) is 20.2. The van der Waals surface area contributed by atoms with Crippen molar-refractivity contribution in [1.82, 2.24) is 9.97 Å². The molecule has 0 amide bonds. The maximum absolute atomic E-state index is 11.3. The van der Waals surface area contributed by atoms with E-state index in [0.717, 1.165) is 61.6 Å². The van der Waals surface area contributed by atoms with Crippen LogP contribution < -0.4 is 4.74 Å². The summed E-state index contributed by atoms with van der Waals surface area (Å²) in [7, 11) is 1.74. The van der Waals surface area contributed by atoms with E-state index in [1.54, 1.807) is 25.8 Å². The molecular weight excluding hydrogens is 388 g/mol. The molecule has 0 aliphatic heterocycles. The Kier molecular flexibility index (Phi) is 14.2. The normalized spacial score (nSPS) is 10.7. The first kappa shape index (κ1) is 25.4. The van der Waals surface area contributed by atoms with Crippen molar-refractivity contribution in [3.05, 3.63) is 23.9 Å². The Morgan fingerprint density at radius 2 is 1.69 bits per heavy atom. The first-order valence-electron chi connectivity index (χ1n) is 10.5. The lowest BCUT2D eigenvalue weighted by atomic mass is 10.2. The molecular formula is C22H36N2O4S. The Bertz CT molecular complexity index is 610. The van der Waals surface area contributed by atoms with E-state index in [2.05, 4.69) is 16.5 Å². The molecule has 0 bridgehead atoms. The summed E-state index contributed by atoms with van der Waals surface area (Å²) < 4.78 is 16.0. The molecule has 0 aromatic carbocycles. The molecule has 0 spiro atoms. The largest absolute Gasteiger partial charge is 0.477 e. The number of hydrogen-bond donors (Lipinski definition) is 0. The Labute approximate surface area is 179 Å². The lowest BCUT2D eigenvalue weighted by Crippen LogP contribution is -2.06. The van der Waals surface area contributed by atoms with Crippen LogP contribution in [0.15, 0.2) is 23.5 Å². The van der Waals surface area contributed by atoms with E-state index >= 15 is 0 Å². The monoisotopic (exact) mass is 424 g/mol. The second-order valence-corrected chi connectivity index (χ2v) is 8.14. The van der Waals surface area contributed by atoms with E-state index in [1.165, 1.54) is 12.8 Å². The minimum absolute atomic E-state index is 0.313. The second kappa shape index (κ2) is 16.2. The van der Waals surface area contributed by atoms with Crippen LogP contribution in [0.3, 0.4) is 0 Å². The fourth-order valence-electron chi connectivity index (χ4n) is 2.51. The number of carbonyl (C=O) groups excluding carboxylic acids is 1. The number of methoxy groups -OCH3 is 1. The first-order chi connectivity index (χ1) is 14.0. The SMILES string of the molecule is C=C(C)C(=O)OCCCCCCOc1nc(SCCCCCCOC)ncc1C. The lowest BCUT2D eigenvalue weighted by Gasteiger charge is -2.09. The van der Waals surface area contributed by atoms with Gasteiger partial charge in [0.25, 0.3) is 0 Å². The van der Waals surface area contributed by atoms with Crippen LogP contribution >= 0.6 is 11.8 Å². The highest BCUT2D eigenvalue weighted by molar-refractivity contribution is 7.99. The van der Waals surface area contributed by atoms with Crippen LogP contribution in [0.25, 0.3) is 0 Å². The number of thioether (sulfide) groups is 1. The van der Waals surface area contributed by atoms with Crippen LogP contribution in [0, 0.1) is 6.92 Å². The molecule has 0 fully saturated rings. The van der Waals surface area contributed by atoms with E-state index in [1.807, 2.05) is 13.1 Å². The number of aryl methyl sites for hydroxylation is 1. The molecule has 7 heteroatoms. The molecule has 164 valence electrons. The third kappa shape index (κ3) is 12.5. The van der Waals surface area contributed by atoms with E-state index in [0.29, 0.717) is 24.7 Å². The molecule has 0 aliphatic carbocycles. The van der Waals surface area contributed by atoms with Gasteiger partial charge in [0.1, 0.15) is 0 Å². The van der Waals surface area contributed by atoms with Crippen LogP contribution in [0.4, 0.5) is 0 Å². The molecule has 1 aromatic heterocycles. The van der Waals surface area contributed by atoms with Crippen molar-refractivity contribution in [2.24, 2.45) is 0 Å². The van der Waals surface area contributed by atoms with Crippen LogP contribution in [0.1, 0.15) is 63.9 Å². The molecule has 0 N–H and O–H groups in total. The van der Waals surface area contributed by atoms with Crippen molar-refractivity contribution < 1.29 is 19.0 Å². The number of nitrogens with zero attached hydrogens (tertiary/aromatic N) is 2. The number of aromatic nitrogens is 2. The highest BCUT2D eigenvalue weighted by Gasteiger charge is 2.06. The van der Waals surface area contributed by atoms with Crippen LogP contribution in [0.5, 0.6) is 5.88 Å². The minimum Gasteiger partial charge on any atom is -0.477 e. The maximum atomic E-state index is 11.3. The molecule has 1 rings (SSSR count). The average Bonchev–Trinajstić information content (AvgIpc) is 2.70. The fourth-order valence-corrected chi connectivity index (χ4v) is 3.31. The van der Waals surface area contributed by atoms with Gasteiger partial charge in [0, 0.05) is 36.8 Å².